The third-order valence-corrected chi connectivity index (χ3v) is 25.9. The van der Waals surface area contributed by atoms with Crippen LogP contribution in [-0.4, -0.2) is 222 Å². The lowest BCUT2D eigenvalue weighted by atomic mass is 9.91. The number of carbonyl (C=O) groups excluding carboxylic acids is 10. The van der Waals surface area contributed by atoms with E-state index in [1.165, 1.54) is 30.4 Å². The molecule has 0 radical (unpaired) electrons. The van der Waals surface area contributed by atoms with Gasteiger partial charge < -0.3 is 77.3 Å². The van der Waals surface area contributed by atoms with Crippen molar-refractivity contribution in [2.45, 2.75) is 161 Å². The van der Waals surface area contributed by atoms with Crippen LogP contribution in [-0.2, 0) is 62.6 Å². The Balaban J connectivity index is 0.000000177. The average molecular weight is 2020 g/mol. The SMILES string of the molecule is C=CC(=O)N1CC(n2cc(C(N)=O)c(C#Cc3cc(CC)cc(OC)c3)n2)C1.C=CC(=O)N1CCC(Cn2cc(C(N)=O)c(C#Cc3cc(CC)cc(OC)c3)n2)CC1.C=CC(=O)N1CCC(n2cc(C(N)=O)c(C#Cc3cc(CC)cc(OC)c3)n2)CC1.C=CC(=O)N1CC[C@H](n2cc(C(N)=O)c(C#Cc3cc(CC)cc(OC)c3)n2)C1.C=CC(=O)NC1CCC(n2cc(C(N)=O)c(C#Cc3cc(CC)cc(OC)c3)n2)CC1. The van der Waals surface area contributed by atoms with E-state index < -0.39 is 29.5 Å². The van der Waals surface area contributed by atoms with Gasteiger partial charge in [-0.05, 0) is 275 Å². The number of ether oxygens (including phenoxy) is 5. The summed E-state index contributed by atoms with van der Waals surface area (Å²) in [5.74, 6) is 31.0. The average Bonchev–Trinajstić information content (AvgIpc) is 1.66. The number of nitrogens with zero attached hydrogens (tertiary/aromatic N) is 14. The Morgan fingerprint density at radius 2 is 0.577 bits per heavy atom. The normalized spacial score (nSPS) is 15.0. The standard InChI is InChI=1S/2C24H28N4O3.C23H26N4O3.C22H24N4O3.C21H22N4O3/c1-4-16-12-17(14-20(13-16)31-3)6-11-22-21(24(25)30)15-28(27-22)19-9-7-18(8-10-19)26-23(29)5-2;1-4-17-12-19(14-20(13-17)31-3)6-7-22-21(24(25)30)16-28(26-22)15-18-8-10-27(11-9-18)23(29)5-2;1-4-16-12-17(14-19(13-16)30-3)6-7-21-20(23(24)29)15-27(25-21)18-8-10-26(11-9-18)22(28)5-2;1-4-15-10-16(12-18(11-15)29-3)6-7-20-19(22(23)28)14-26(24-20)17-8-9-25(13-17)21(27)5-2;1-4-14-8-15(10-17(9-14)28-3)6-7-19-18(21(22)27)13-25(23-19)16-11-24(12-16)20(26)5-2/h5,12-15,18-19H,2,4,7-10H2,1,3H3,(H2,25,30)(H,26,29);5,12-14,16,18H,2,4,8-11,15H2,1,3H3,(H2,25,30);5,12-15,18H,2,4,8-11H2,1,3H3,(H2,24,29);5,10-12,14,17H,2,4,8-9,13H2,1,3H3,(H2,23,28);5,8-10,13,16H,2,4,11-12H2,1,3H3,(H2,22,27)/t;;;17-;/m...0./s1. The van der Waals surface area contributed by atoms with Crippen LogP contribution in [0.1, 0.15) is 252 Å². The molecule has 1 atom stereocenters. The van der Waals surface area contributed by atoms with Gasteiger partial charge in [0.05, 0.1) is 87.5 Å². The number of amides is 10. The van der Waals surface area contributed by atoms with Crippen LogP contribution in [0.4, 0.5) is 0 Å². The molecule has 0 bridgehead atoms. The molecule has 0 unspecified atom stereocenters. The van der Waals surface area contributed by atoms with Crippen LogP contribution < -0.4 is 57.7 Å². The minimum Gasteiger partial charge on any atom is -0.497 e. The number of methoxy groups -OCH3 is 5. The fourth-order valence-corrected chi connectivity index (χ4v) is 17.3. The molecule has 5 aliphatic rings. The molecule has 15 rings (SSSR count). The number of hydrogen-bond donors (Lipinski definition) is 6. The van der Waals surface area contributed by atoms with Gasteiger partial charge in [0.1, 0.15) is 57.2 Å². The van der Waals surface area contributed by atoms with Crippen LogP contribution >= 0.6 is 0 Å². The number of nitrogens with two attached hydrogens (primary N) is 5. The molecule has 5 aromatic carbocycles. The number of likely N-dealkylation sites (tertiary alicyclic amines) is 4. The summed E-state index contributed by atoms with van der Waals surface area (Å²) in [4.78, 5) is 125. The minimum absolute atomic E-state index is 0.0129. The Morgan fingerprint density at radius 3 is 0.879 bits per heavy atom. The summed E-state index contributed by atoms with van der Waals surface area (Å²) >= 11 is 0. The molecular formula is C114H128N20O15. The molecule has 4 saturated heterocycles. The van der Waals surface area contributed by atoms with Crippen molar-refractivity contribution in [2.75, 3.05) is 87.9 Å². The summed E-state index contributed by atoms with van der Waals surface area (Å²) in [5, 5.41) is 25.4. The highest BCUT2D eigenvalue weighted by Crippen LogP contribution is 2.33. The first-order valence-electron chi connectivity index (χ1n) is 49.2. The highest BCUT2D eigenvalue weighted by atomic mass is 16.5. The number of aromatic nitrogens is 10. The summed E-state index contributed by atoms with van der Waals surface area (Å²) in [5.41, 5.74) is 40.3. The van der Waals surface area contributed by atoms with Gasteiger partial charge in [0.15, 0.2) is 0 Å². The second-order valence-corrected chi connectivity index (χ2v) is 35.8. The molecule has 35 heteroatoms. The van der Waals surface area contributed by atoms with E-state index >= 15 is 0 Å². The van der Waals surface area contributed by atoms with Gasteiger partial charge in [0.2, 0.25) is 29.5 Å². The zero-order valence-corrected chi connectivity index (χ0v) is 86.0. The first-order chi connectivity index (χ1) is 71.7. The van der Waals surface area contributed by atoms with Crippen LogP contribution in [0.3, 0.4) is 0 Å². The molecule has 4 aliphatic heterocycles. The van der Waals surface area contributed by atoms with Crippen LogP contribution in [0.2, 0.25) is 0 Å². The smallest absolute Gasteiger partial charge is 0.253 e. The second kappa shape index (κ2) is 53.8. The van der Waals surface area contributed by atoms with Crippen molar-refractivity contribution >= 4 is 59.1 Å². The van der Waals surface area contributed by atoms with Crippen molar-refractivity contribution in [1.29, 1.82) is 0 Å². The van der Waals surface area contributed by atoms with Gasteiger partial charge in [-0.2, -0.15) is 25.5 Å². The fourth-order valence-electron chi connectivity index (χ4n) is 17.3. The van der Waals surface area contributed by atoms with Gasteiger partial charge in [-0.1, -0.05) is 97.1 Å². The number of rotatable bonds is 27. The maximum Gasteiger partial charge on any atom is 0.253 e. The quantitative estimate of drug-likeness (QED) is 0.0206. The number of carbonyl (C=O) groups is 10. The van der Waals surface area contributed by atoms with Gasteiger partial charge in [-0.3, -0.25) is 71.4 Å². The third kappa shape index (κ3) is 30.7. The molecule has 1 aliphatic carbocycles. The summed E-state index contributed by atoms with van der Waals surface area (Å²) in [6, 6.07) is 29.3. The molecule has 149 heavy (non-hydrogen) atoms. The maximum absolute atomic E-state index is 12.0. The van der Waals surface area contributed by atoms with E-state index in [-0.39, 0.29) is 70.9 Å². The lowest BCUT2D eigenvalue weighted by molar-refractivity contribution is -0.132. The van der Waals surface area contributed by atoms with E-state index in [0.29, 0.717) is 110 Å². The van der Waals surface area contributed by atoms with Crippen molar-refractivity contribution in [2.24, 2.45) is 34.6 Å². The number of benzene rings is 5. The first kappa shape index (κ1) is 112. The van der Waals surface area contributed by atoms with Crippen molar-refractivity contribution in [1.82, 2.24) is 73.8 Å². The summed E-state index contributed by atoms with van der Waals surface area (Å²) in [6.45, 7) is 33.3. The summed E-state index contributed by atoms with van der Waals surface area (Å²) in [7, 11) is 8.08. The molecule has 10 aromatic rings. The Labute approximate surface area is 868 Å². The minimum atomic E-state index is -0.589. The van der Waals surface area contributed by atoms with Gasteiger partial charge in [-0.25, -0.2) is 0 Å². The van der Waals surface area contributed by atoms with E-state index in [4.69, 9.17) is 52.4 Å². The zero-order chi connectivity index (χ0) is 108. The number of hydrogen-bond acceptors (Lipinski definition) is 20. The predicted octanol–water partition coefficient (Wildman–Crippen LogP) is 10.9. The molecule has 1 saturated carbocycles. The fraction of sp³-hybridized carbons (Fsp3) is 0.342. The van der Waals surface area contributed by atoms with Crippen molar-refractivity contribution < 1.29 is 71.6 Å². The number of aryl methyl sites for hydroxylation is 5. The van der Waals surface area contributed by atoms with Gasteiger partial charge in [0.25, 0.3) is 29.5 Å². The number of nitrogens with one attached hydrogen (secondary N) is 1. The molecule has 0 spiro atoms. The highest BCUT2D eigenvalue weighted by Gasteiger charge is 2.35. The largest absolute Gasteiger partial charge is 0.497 e. The summed E-state index contributed by atoms with van der Waals surface area (Å²) < 4.78 is 35.3. The maximum atomic E-state index is 12.0. The highest BCUT2D eigenvalue weighted by molar-refractivity contribution is 5.98. The summed E-state index contributed by atoms with van der Waals surface area (Å²) in [6.07, 6.45) is 26.4. The first-order valence-corrected chi connectivity index (χ1v) is 49.2. The zero-order valence-electron chi connectivity index (χ0n) is 86.0. The van der Waals surface area contributed by atoms with Crippen LogP contribution in [0.5, 0.6) is 28.7 Å². The van der Waals surface area contributed by atoms with Crippen LogP contribution in [0.15, 0.2) is 185 Å². The van der Waals surface area contributed by atoms with Crippen molar-refractivity contribution in [3.05, 3.63) is 297 Å². The van der Waals surface area contributed by atoms with E-state index in [2.05, 4.69) is 158 Å². The predicted molar refractivity (Wildman–Crippen MR) is 566 cm³/mol. The van der Waals surface area contributed by atoms with Crippen LogP contribution in [0, 0.1) is 65.1 Å². The number of primary amides is 5. The number of piperidine rings is 2. The Hall–Kier alpha value is -17.7. The monoisotopic (exact) mass is 2020 g/mol. The van der Waals surface area contributed by atoms with Gasteiger partial charge >= 0.3 is 0 Å². The van der Waals surface area contributed by atoms with E-state index in [1.807, 2.05) is 91.0 Å². The molecule has 11 N–H and O–H groups in total. The molecule has 5 fully saturated rings. The lowest BCUT2D eigenvalue weighted by Gasteiger charge is -2.38. The van der Waals surface area contributed by atoms with E-state index in [0.717, 1.165) is 174 Å². The Bertz CT molecular complexity index is 6910. The molecular weight excluding hydrogens is 1890 g/mol. The van der Waals surface area contributed by atoms with E-state index in [1.54, 1.807) is 110 Å². The molecule has 774 valence electrons. The van der Waals surface area contributed by atoms with Gasteiger partial charge in [-0.15, -0.1) is 0 Å². The molecule has 5 aromatic heterocycles. The molecule has 10 amide bonds. The third-order valence-electron chi connectivity index (χ3n) is 25.9. The molecule has 35 nitrogen and oxygen atoms in total. The van der Waals surface area contributed by atoms with Crippen molar-refractivity contribution in [3.8, 4) is 88.0 Å². The lowest BCUT2D eigenvalue weighted by Crippen LogP contribution is -2.50. The second-order valence-electron chi connectivity index (χ2n) is 35.8. The Morgan fingerprint density at radius 1 is 0.315 bits per heavy atom. The molecule has 9 heterocycles. The van der Waals surface area contributed by atoms with Crippen molar-refractivity contribution in [3.63, 3.8) is 0 Å². The Kier molecular flexibility index (Phi) is 40.3. The van der Waals surface area contributed by atoms with Crippen LogP contribution in [0.25, 0.3) is 0 Å². The van der Waals surface area contributed by atoms with E-state index in [9.17, 15) is 47.9 Å². The topological polar surface area (TPSA) is 461 Å². The van der Waals surface area contributed by atoms with Gasteiger partial charge in [0, 0.05) is 124 Å².